The molecule has 0 aliphatic rings. The summed E-state index contributed by atoms with van der Waals surface area (Å²) in [6.07, 6.45) is 0.179. The molecule has 3 rings (SSSR count). The molecule has 0 atom stereocenters. The van der Waals surface area contributed by atoms with Gasteiger partial charge in [0.1, 0.15) is 17.0 Å². The lowest BCUT2D eigenvalue weighted by molar-refractivity contribution is 0.245. The van der Waals surface area contributed by atoms with Gasteiger partial charge < -0.3 is 9.84 Å². The Bertz CT molecular complexity index is 764. The van der Waals surface area contributed by atoms with Crippen molar-refractivity contribution in [2.45, 2.75) is 33.8 Å². The molecule has 0 saturated heterocycles. The predicted octanol–water partition coefficient (Wildman–Crippen LogP) is 5.03. The minimum atomic E-state index is 0.179. The third-order valence-corrected chi connectivity index (χ3v) is 3.19. The van der Waals surface area contributed by atoms with Crippen LogP contribution in [-0.2, 0) is 0 Å². The van der Waals surface area contributed by atoms with E-state index in [1.807, 2.05) is 58.0 Å². The first-order chi connectivity index (χ1) is 11.0. The van der Waals surface area contributed by atoms with Gasteiger partial charge in [0.15, 0.2) is 0 Å². The molecule has 3 aromatic rings. The quantitative estimate of drug-likeness (QED) is 0.722. The minimum absolute atomic E-state index is 0.179. The van der Waals surface area contributed by atoms with Crippen LogP contribution in [0.25, 0.3) is 10.9 Å². The van der Waals surface area contributed by atoms with Crippen LogP contribution in [0.3, 0.4) is 0 Å². The number of aromatic nitrogens is 1. The second-order valence-corrected chi connectivity index (χ2v) is 5.79. The number of rotatable bonds is 2. The summed E-state index contributed by atoms with van der Waals surface area (Å²) < 4.78 is 5.72. The first kappa shape index (κ1) is 16.8. The number of nitrogens with zero attached hydrogens (tertiary/aromatic N) is 1. The molecule has 3 nitrogen and oxygen atoms in total. The van der Waals surface area contributed by atoms with Crippen LogP contribution < -0.4 is 4.74 Å². The van der Waals surface area contributed by atoms with E-state index in [4.69, 9.17) is 9.84 Å². The van der Waals surface area contributed by atoms with E-state index < -0.39 is 0 Å². The van der Waals surface area contributed by atoms with Crippen molar-refractivity contribution in [3.8, 4) is 11.5 Å². The Kier molecular flexibility index (Phi) is 5.58. The van der Waals surface area contributed by atoms with Gasteiger partial charge in [-0.3, -0.25) is 0 Å². The highest BCUT2D eigenvalue weighted by molar-refractivity contribution is 5.84. The number of fused-ring (bicyclic) bond motifs is 1. The molecule has 0 saturated carbocycles. The molecule has 120 valence electrons. The first-order valence-electron chi connectivity index (χ1n) is 7.74. The van der Waals surface area contributed by atoms with Crippen LogP contribution in [0.2, 0.25) is 0 Å². The molecule has 1 N–H and O–H groups in total. The molecule has 0 fully saturated rings. The van der Waals surface area contributed by atoms with Gasteiger partial charge in [0.2, 0.25) is 0 Å². The summed E-state index contributed by atoms with van der Waals surface area (Å²) in [7, 11) is 0. The number of ether oxygens (including phenoxy) is 1. The molecule has 23 heavy (non-hydrogen) atoms. The average molecular weight is 309 g/mol. The summed E-state index contributed by atoms with van der Waals surface area (Å²) in [5.41, 5.74) is 3.05. The van der Waals surface area contributed by atoms with Crippen molar-refractivity contribution in [2.24, 2.45) is 0 Å². The fourth-order valence-corrected chi connectivity index (χ4v) is 2.19. The monoisotopic (exact) mass is 309 g/mol. The number of para-hydroxylation sites is 1. The highest BCUT2D eigenvalue weighted by Gasteiger charge is 2.04. The maximum absolute atomic E-state index is 8.81. The van der Waals surface area contributed by atoms with Crippen molar-refractivity contribution in [2.75, 3.05) is 0 Å². The third kappa shape index (κ3) is 4.99. The molecule has 0 amide bonds. The zero-order chi connectivity index (χ0) is 16.8. The van der Waals surface area contributed by atoms with Gasteiger partial charge in [0, 0.05) is 11.1 Å². The van der Waals surface area contributed by atoms with Crippen LogP contribution in [0.1, 0.15) is 25.1 Å². The lowest BCUT2D eigenvalue weighted by Gasteiger charge is -2.11. The van der Waals surface area contributed by atoms with E-state index in [1.54, 1.807) is 12.1 Å². The third-order valence-electron chi connectivity index (χ3n) is 3.19. The van der Waals surface area contributed by atoms with E-state index in [-0.39, 0.29) is 6.10 Å². The van der Waals surface area contributed by atoms with E-state index in [9.17, 15) is 0 Å². The van der Waals surface area contributed by atoms with Crippen LogP contribution in [0.4, 0.5) is 0 Å². The summed E-state index contributed by atoms with van der Waals surface area (Å²) in [4.78, 5) is 4.50. The van der Waals surface area contributed by atoms with Crippen molar-refractivity contribution in [3.05, 3.63) is 65.9 Å². The van der Waals surface area contributed by atoms with Gasteiger partial charge in [-0.05, 0) is 57.5 Å². The molecule has 0 aliphatic carbocycles. The van der Waals surface area contributed by atoms with E-state index in [0.717, 1.165) is 27.9 Å². The van der Waals surface area contributed by atoms with Gasteiger partial charge >= 0.3 is 0 Å². The molecule has 0 unspecified atom stereocenters. The van der Waals surface area contributed by atoms with Gasteiger partial charge in [-0.15, -0.1) is 0 Å². The lowest BCUT2D eigenvalue weighted by Crippen LogP contribution is -2.06. The van der Waals surface area contributed by atoms with Gasteiger partial charge in [-0.2, -0.15) is 0 Å². The van der Waals surface area contributed by atoms with Crippen molar-refractivity contribution < 1.29 is 9.84 Å². The number of benzene rings is 2. The standard InChI is InChI=1S/C13H15NO.C7H8O/c1-9(2)15-12-6-4-5-11-8-7-10(3)14-13(11)12;1-6-3-2-4-7(8)5-6/h4-9H,1-3H3;2-5,8H,1H3. The van der Waals surface area contributed by atoms with E-state index in [1.165, 1.54) is 0 Å². The number of hydrogen-bond acceptors (Lipinski definition) is 3. The van der Waals surface area contributed by atoms with Crippen LogP contribution >= 0.6 is 0 Å². The largest absolute Gasteiger partial charge is 0.508 e. The molecule has 2 aromatic carbocycles. The minimum Gasteiger partial charge on any atom is -0.508 e. The second kappa shape index (κ2) is 7.63. The van der Waals surface area contributed by atoms with Gasteiger partial charge in [0.25, 0.3) is 0 Å². The zero-order valence-electron chi connectivity index (χ0n) is 14.1. The van der Waals surface area contributed by atoms with Crippen molar-refractivity contribution in [1.82, 2.24) is 4.98 Å². The summed E-state index contributed by atoms with van der Waals surface area (Å²) in [5, 5.41) is 9.94. The van der Waals surface area contributed by atoms with Crippen molar-refractivity contribution >= 4 is 10.9 Å². The lowest BCUT2D eigenvalue weighted by atomic mass is 10.2. The topological polar surface area (TPSA) is 42.4 Å². The smallest absolute Gasteiger partial charge is 0.145 e. The molecule has 1 heterocycles. The van der Waals surface area contributed by atoms with Crippen LogP contribution in [0.5, 0.6) is 11.5 Å². The molecular formula is C20H23NO2. The predicted molar refractivity (Wildman–Crippen MR) is 95.1 cm³/mol. The fraction of sp³-hybridized carbons (Fsp3) is 0.250. The average Bonchev–Trinajstić information content (AvgIpc) is 2.48. The molecular weight excluding hydrogens is 286 g/mol. The zero-order valence-corrected chi connectivity index (χ0v) is 14.1. The Balaban J connectivity index is 0.000000203. The molecule has 0 bridgehead atoms. The molecule has 1 aromatic heterocycles. The van der Waals surface area contributed by atoms with E-state index >= 15 is 0 Å². The number of phenolic OH excluding ortho intramolecular Hbond substituents is 1. The fourth-order valence-electron chi connectivity index (χ4n) is 2.19. The molecule has 0 spiro atoms. The van der Waals surface area contributed by atoms with Crippen molar-refractivity contribution in [3.63, 3.8) is 0 Å². The Morgan fingerprint density at radius 1 is 0.957 bits per heavy atom. The normalized spacial score (nSPS) is 10.3. The van der Waals surface area contributed by atoms with Crippen LogP contribution in [0, 0.1) is 13.8 Å². The number of phenols is 1. The number of aromatic hydroxyl groups is 1. The first-order valence-corrected chi connectivity index (χ1v) is 7.74. The Morgan fingerprint density at radius 3 is 2.30 bits per heavy atom. The van der Waals surface area contributed by atoms with Crippen LogP contribution in [0.15, 0.2) is 54.6 Å². The van der Waals surface area contributed by atoms with Gasteiger partial charge in [-0.25, -0.2) is 4.98 Å². The van der Waals surface area contributed by atoms with E-state index in [0.29, 0.717) is 5.75 Å². The Hall–Kier alpha value is -2.55. The van der Waals surface area contributed by atoms with Gasteiger partial charge in [0.05, 0.1) is 6.10 Å². The highest BCUT2D eigenvalue weighted by Crippen LogP contribution is 2.24. The maximum atomic E-state index is 8.81. The summed E-state index contributed by atoms with van der Waals surface area (Å²) in [5.74, 6) is 1.20. The number of aryl methyl sites for hydroxylation is 2. The molecule has 0 radical (unpaired) electrons. The SMILES string of the molecule is Cc1ccc2cccc(OC(C)C)c2n1.Cc1cccc(O)c1. The summed E-state index contributed by atoms with van der Waals surface area (Å²) in [6, 6.07) is 17.3. The summed E-state index contributed by atoms with van der Waals surface area (Å²) in [6.45, 7) is 7.98. The van der Waals surface area contributed by atoms with Crippen molar-refractivity contribution in [1.29, 1.82) is 0 Å². The van der Waals surface area contributed by atoms with E-state index in [2.05, 4.69) is 17.1 Å². The number of pyridine rings is 1. The second-order valence-electron chi connectivity index (χ2n) is 5.79. The Labute approximate surface area is 137 Å². The van der Waals surface area contributed by atoms with Gasteiger partial charge in [-0.1, -0.05) is 30.3 Å². The highest BCUT2D eigenvalue weighted by atomic mass is 16.5. The number of hydrogen-bond donors (Lipinski definition) is 1. The maximum Gasteiger partial charge on any atom is 0.145 e. The molecule has 3 heteroatoms. The summed E-state index contributed by atoms with van der Waals surface area (Å²) >= 11 is 0. The van der Waals surface area contributed by atoms with Crippen LogP contribution in [-0.4, -0.2) is 16.2 Å². The Morgan fingerprint density at radius 2 is 1.70 bits per heavy atom. The molecule has 0 aliphatic heterocycles.